The molecule has 0 heterocycles. The predicted octanol–water partition coefficient (Wildman–Crippen LogP) is 3.27. The lowest BCUT2D eigenvalue weighted by molar-refractivity contribution is -0.116. The summed E-state index contributed by atoms with van der Waals surface area (Å²) in [6.45, 7) is 6.18. The molecule has 0 saturated heterocycles. The molecule has 1 aliphatic rings. The van der Waals surface area contributed by atoms with E-state index in [0.717, 1.165) is 18.4 Å². The Bertz CT molecular complexity index is 258. The van der Waals surface area contributed by atoms with Crippen molar-refractivity contribution in [1.82, 2.24) is 0 Å². The molecule has 1 heteroatoms. The molecule has 0 saturated carbocycles. The van der Waals surface area contributed by atoms with Crippen LogP contribution in [0.5, 0.6) is 0 Å². The quantitative estimate of drug-likeness (QED) is 0.593. The van der Waals surface area contributed by atoms with Crippen molar-refractivity contribution in [3.63, 3.8) is 0 Å². The summed E-state index contributed by atoms with van der Waals surface area (Å²) in [6, 6.07) is 0. The fourth-order valence-electron chi connectivity index (χ4n) is 1.74. The zero-order valence-corrected chi connectivity index (χ0v) is 8.76. The summed E-state index contributed by atoms with van der Waals surface area (Å²) in [5, 5.41) is 0. The van der Waals surface area contributed by atoms with Gasteiger partial charge in [-0.1, -0.05) is 24.6 Å². The van der Waals surface area contributed by atoms with Gasteiger partial charge < -0.3 is 0 Å². The normalized spacial score (nSPS) is 24.5. The molecule has 0 spiro atoms. The summed E-state index contributed by atoms with van der Waals surface area (Å²) in [6.07, 6.45) is 7.12. The van der Waals surface area contributed by atoms with Crippen molar-refractivity contribution in [2.24, 2.45) is 5.92 Å². The van der Waals surface area contributed by atoms with Crippen LogP contribution < -0.4 is 0 Å². The number of carbonyl (C=O) groups excluding carboxylic acids is 1. The van der Waals surface area contributed by atoms with Crippen LogP contribution in [0.4, 0.5) is 0 Å². The highest BCUT2D eigenvalue weighted by Gasteiger charge is 2.19. The highest BCUT2D eigenvalue weighted by Crippen LogP contribution is 2.26. The predicted molar refractivity (Wildman–Crippen MR) is 55.5 cm³/mol. The summed E-state index contributed by atoms with van der Waals surface area (Å²) in [5.41, 5.74) is 2.32. The molecule has 0 aliphatic heterocycles. The van der Waals surface area contributed by atoms with Gasteiger partial charge in [0.25, 0.3) is 0 Å². The Hall–Kier alpha value is -0.850. The fourth-order valence-corrected chi connectivity index (χ4v) is 1.74. The largest absolute Gasteiger partial charge is 0.295 e. The minimum atomic E-state index is 0.320. The van der Waals surface area contributed by atoms with Crippen molar-refractivity contribution in [3.8, 4) is 0 Å². The molecule has 1 rings (SSSR count). The molecule has 1 unspecified atom stereocenters. The van der Waals surface area contributed by atoms with Gasteiger partial charge in [0.2, 0.25) is 0 Å². The molecule has 13 heavy (non-hydrogen) atoms. The fraction of sp³-hybridized carbons (Fsp3) is 0.583. The molecule has 1 aliphatic carbocycles. The first-order valence-electron chi connectivity index (χ1n) is 5.01. The van der Waals surface area contributed by atoms with Gasteiger partial charge in [-0.2, -0.15) is 0 Å². The van der Waals surface area contributed by atoms with Crippen LogP contribution in [0.3, 0.4) is 0 Å². The molecule has 0 aromatic rings. The van der Waals surface area contributed by atoms with Crippen molar-refractivity contribution in [2.45, 2.75) is 40.0 Å². The number of carbonyl (C=O) groups is 1. The smallest absolute Gasteiger partial charge is 0.158 e. The van der Waals surface area contributed by atoms with E-state index in [0.29, 0.717) is 18.1 Å². The first-order valence-corrected chi connectivity index (χ1v) is 5.01. The van der Waals surface area contributed by atoms with Crippen LogP contribution in [0, 0.1) is 5.92 Å². The van der Waals surface area contributed by atoms with Crippen molar-refractivity contribution in [2.75, 3.05) is 0 Å². The second kappa shape index (κ2) is 4.40. The average molecular weight is 178 g/mol. The molecule has 72 valence electrons. The van der Waals surface area contributed by atoms with E-state index in [1.54, 1.807) is 0 Å². The Labute approximate surface area is 80.5 Å². The van der Waals surface area contributed by atoms with E-state index >= 15 is 0 Å². The van der Waals surface area contributed by atoms with Crippen LogP contribution in [-0.2, 0) is 4.79 Å². The Kier molecular flexibility index (Phi) is 3.47. The van der Waals surface area contributed by atoms with Gasteiger partial charge in [0.05, 0.1) is 0 Å². The van der Waals surface area contributed by atoms with Gasteiger partial charge in [0, 0.05) is 6.42 Å². The highest BCUT2D eigenvalue weighted by atomic mass is 16.1. The molecule has 0 bridgehead atoms. The van der Waals surface area contributed by atoms with Gasteiger partial charge in [-0.25, -0.2) is 0 Å². The topological polar surface area (TPSA) is 17.1 Å². The standard InChI is InChI=1S/C12H18O/c1-4-5-9(2)11-7-6-10(3)12(13)8-11/h5-6,11H,4,7-8H2,1-3H3/b9-5+. The number of allylic oxidation sites excluding steroid dienone is 4. The maximum Gasteiger partial charge on any atom is 0.158 e. The van der Waals surface area contributed by atoms with Gasteiger partial charge in [-0.3, -0.25) is 4.79 Å². The molecular formula is C12H18O. The van der Waals surface area contributed by atoms with Gasteiger partial charge in [-0.15, -0.1) is 0 Å². The molecular weight excluding hydrogens is 160 g/mol. The lowest BCUT2D eigenvalue weighted by Gasteiger charge is -2.20. The first kappa shape index (κ1) is 10.2. The monoisotopic (exact) mass is 178 g/mol. The van der Waals surface area contributed by atoms with E-state index in [1.807, 2.05) is 6.92 Å². The third-order valence-corrected chi connectivity index (χ3v) is 2.75. The van der Waals surface area contributed by atoms with E-state index < -0.39 is 0 Å². The Morgan fingerprint density at radius 3 is 2.92 bits per heavy atom. The maximum absolute atomic E-state index is 11.4. The van der Waals surface area contributed by atoms with Gasteiger partial charge in [-0.05, 0) is 38.2 Å². The summed E-state index contributed by atoms with van der Waals surface area (Å²) < 4.78 is 0. The minimum absolute atomic E-state index is 0.320. The van der Waals surface area contributed by atoms with Crippen molar-refractivity contribution in [1.29, 1.82) is 0 Å². The van der Waals surface area contributed by atoms with Crippen molar-refractivity contribution >= 4 is 5.78 Å². The summed E-state index contributed by atoms with van der Waals surface area (Å²) >= 11 is 0. The van der Waals surface area contributed by atoms with Gasteiger partial charge in [0.1, 0.15) is 0 Å². The number of Topliss-reactive ketones (excluding diaryl/α,β-unsaturated/α-hetero) is 1. The Balaban J connectivity index is 2.67. The van der Waals surface area contributed by atoms with Crippen molar-refractivity contribution in [3.05, 3.63) is 23.3 Å². The summed E-state index contributed by atoms with van der Waals surface area (Å²) in [5.74, 6) is 0.788. The van der Waals surface area contributed by atoms with Crippen LogP contribution in [0.2, 0.25) is 0 Å². The van der Waals surface area contributed by atoms with E-state index in [1.165, 1.54) is 5.57 Å². The van der Waals surface area contributed by atoms with Crippen LogP contribution in [-0.4, -0.2) is 5.78 Å². The molecule has 0 aromatic carbocycles. The van der Waals surface area contributed by atoms with Crippen LogP contribution in [0.1, 0.15) is 40.0 Å². The molecule has 1 nitrogen and oxygen atoms in total. The SMILES string of the molecule is CC/C=C(\C)C1CC=C(C)C(=O)C1. The molecule has 0 N–H and O–H groups in total. The van der Waals surface area contributed by atoms with E-state index in [-0.39, 0.29) is 0 Å². The average Bonchev–Trinajstić information content (AvgIpc) is 2.10. The minimum Gasteiger partial charge on any atom is -0.295 e. The summed E-state index contributed by atoms with van der Waals surface area (Å²) in [7, 11) is 0. The Morgan fingerprint density at radius 2 is 2.38 bits per heavy atom. The molecule has 1 atom stereocenters. The lowest BCUT2D eigenvalue weighted by atomic mass is 9.84. The van der Waals surface area contributed by atoms with Crippen LogP contribution in [0.15, 0.2) is 23.3 Å². The third-order valence-electron chi connectivity index (χ3n) is 2.75. The lowest BCUT2D eigenvalue weighted by Crippen LogP contribution is -2.15. The van der Waals surface area contributed by atoms with E-state index in [9.17, 15) is 4.79 Å². The maximum atomic E-state index is 11.4. The summed E-state index contributed by atoms with van der Waals surface area (Å²) in [4.78, 5) is 11.4. The van der Waals surface area contributed by atoms with Crippen LogP contribution in [0.25, 0.3) is 0 Å². The second-order valence-corrected chi connectivity index (χ2v) is 3.80. The van der Waals surface area contributed by atoms with Gasteiger partial charge in [0.15, 0.2) is 5.78 Å². The molecule has 0 fully saturated rings. The number of ketones is 1. The van der Waals surface area contributed by atoms with Crippen molar-refractivity contribution < 1.29 is 4.79 Å². The van der Waals surface area contributed by atoms with E-state index in [2.05, 4.69) is 26.0 Å². The molecule has 0 aromatic heterocycles. The number of hydrogen-bond acceptors (Lipinski definition) is 1. The van der Waals surface area contributed by atoms with Crippen LogP contribution >= 0.6 is 0 Å². The van der Waals surface area contributed by atoms with E-state index in [4.69, 9.17) is 0 Å². The number of rotatable bonds is 2. The highest BCUT2D eigenvalue weighted by molar-refractivity contribution is 5.95. The molecule has 0 radical (unpaired) electrons. The first-order chi connectivity index (χ1) is 6.15. The zero-order chi connectivity index (χ0) is 9.84. The Morgan fingerprint density at radius 1 is 1.69 bits per heavy atom. The third kappa shape index (κ3) is 2.55. The second-order valence-electron chi connectivity index (χ2n) is 3.80. The zero-order valence-electron chi connectivity index (χ0n) is 8.76. The molecule has 0 amide bonds. The number of hydrogen-bond donors (Lipinski definition) is 0. The van der Waals surface area contributed by atoms with Gasteiger partial charge >= 0.3 is 0 Å².